The molecule has 0 aliphatic rings. The van der Waals surface area contributed by atoms with Gasteiger partial charge in [-0.15, -0.1) is 0 Å². The molecule has 0 aliphatic carbocycles. The third kappa shape index (κ3) is 4.09. The SMILES string of the molecule is O=C(NCC#CCOc1cccc2cccnc12)c1cc(=O)c2ccccc2o1. The molecule has 2 aromatic heterocycles. The number of benzene rings is 2. The Labute approximate surface area is 166 Å². The van der Waals surface area contributed by atoms with Gasteiger partial charge in [-0.05, 0) is 24.3 Å². The molecule has 142 valence electrons. The first-order valence-electron chi connectivity index (χ1n) is 8.96. The lowest BCUT2D eigenvalue weighted by atomic mass is 10.2. The van der Waals surface area contributed by atoms with Gasteiger partial charge in [0.15, 0.2) is 11.2 Å². The molecule has 1 N–H and O–H groups in total. The first kappa shape index (κ1) is 18.3. The third-order valence-electron chi connectivity index (χ3n) is 4.22. The van der Waals surface area contributed by atoms with Gasteiger partial charge in [0.2, 0.25) is 0 Å². The summed E-state index contributed by atoms with van der Waals surface area (Å²) in [5.74, 6) is 5.75. The predicted molar refractivity (Wildman–Crippen MR) is 110 cm³/mol. The van der Waals surface area contributed by atoms with Crippen molar-refractivity contribution in [3.05, 3.63) is 82.8 Å². The fourth-order valence-electron chi connectivity index (χ4n) is 2.85. The standard InChI is InChI=1S/C23H16N2O4/c26-18-15-21(29-19-10-2-1-9-17(18)19)23(27)25-12-3-4-14-28-20-11-5-7-16-8-6-13-24-22(16)20/h1-2,5-11,13,15H,12,14H2,(H,25,27). The smallest absolute Gasteiger partial charge is 0.287 e. The van der Waals surface area contributed by atoms with Crippen LogP contribution in [0.5, 0.6) is 5.75 Å². The molecule has 2 aromatic carbocycles. The average Bonchev–Trinajstić information content (AvgIpc) is 2.76. The summed E-state index contributed by atoms with van der Waals surface area (Å²) in [6.07, 6.45) is 1.71. The van der Waals surface area contributed by atoms with Gasteiger partial charge in [-0.25, -0.2) is 0 Å². The van der Waals surface area contributed by atoms with Crippen LogP contribution in [-0.2, 0) is 0 Å². The highest BCUT2D eigenvalue weighted by Gasteiger charge is 2.11. The van der Waals surface area contributed by atoms with Crippen molar-refractivity contribution in [2.75, 3.05) is 13.2 Å². The number of ether oxygens (including phenoxy) is 1. The van der Waals surface area contributed by atoms with Crippen LogP contribution in [0.15, 0.2) is 76.1 Å². The summed E-state index contributed by atoms with van der Waals surface area (Å²) >= 11 is 0. The van der Waals surface area contributed by atoms with E-state index in [1.54, 1.807) is 30.5 Å². The van der Waals surface area contributed by atoms with E-state index in [-0.39, 0.29) is 24.3 Å². The number of hydrogen-bond acceptors (Lipinski definition) is 5. The molecule has 0 unspecified atom stereocenters. The normalized spacial score (nSPS) is 10.3. The van der Waals surface area contributed by atoms with Gasteiger partial charge in [-0.1, -0.05) is 42.2 Å². The quantitative estimate of drug-likeness (QED) is 0.547. The van der Waals surface area contributed by atoms with Crippen molar-refractivity contribution < 1.29 is 13.9 Å². The first-order chi connectivity index (χ1) is 14.2. The lowest BCUT2D eigenvalue weighted by molar-refractivity contribution is 0.0931. The van der Waals surface area contributed by atoms with Crippen LogP contribution < -0.4 is 15.5 Å². The van der Waals surface area contributed by atoms with Gasteiger partial charge in [0.25, 0.3) is 5.91 Å². The number of carbonyl (C=O) groups is 1. The van der Waals surface area contributed by atoms with Crippen LogP contribution in [0.1, 0.15) is 10.6 Å². The molecule has 0 bridgehead atoms. The molecule has 4 aromatic rings. The van der Waals surface area contributed by atoms with Gasteiger partial charge in [0.1, 0.15) is 23.5 Å². The van der Waals surface area contributed by atoms with Crippen LogP contribution in [0, 0.1) is 11.8 Å². The Morgan fingerprint density at radius 2 is 1.93 bits per heavy atom. The van der Waals surface area contributed by atoms with Gasteiger partial charge in [-0.3, -0.25) is 14.6 Å². The Bertz CT molecular complexity index is 1310. The fraction of sp³-hybridized carbons (Fsp3) is 0.0870. The molecule has 6 heteroatoms. The Hall–Kier alpha value is -4.11. The summed E-state index contributed by atoms with van der Waals surface area (Å²) in [6, 6.07) is 17.5. The maximum atomic E-state index is 12.2. The highest BCUT2D eigenvalue weighted by molar-refractivity contribution is 5.93. The van der Waals surface area contributed by atoms with Crippen LogP contribution in [0.3, 0.4) is 0 Å². The van der Waals surface area contributed by atoms with E-state index in [0.29, 0.717) is 16.7 Å². The molecule has 0 aliphatic heterocycles. The van der Waals surface area contributed by atoms with Crippen molar-refractivity contribution in [3.8, 4) is 17.6 Å². The summed E-state index contributed by atoms with van der Waals surface area (Å²) in [7, 11) is 0. The van der Waals surface area contributed by atoms with E-state index in [0.717, 1.165) is 10.9 Å². The number of fused-ring (bicyclic) bond motifs is 2. The molecule has 1 amide bonds. The lowest BCUT2D eigenvalue weighted by Crippen LogP contribution is -2.24. The monoisotopic (exact) mass is 384 g/mol. The van der Waals surface area contributed by atoms with Gasteiger partial charge >= 0.3 is 0 Å². The Morgan fingerprint density at radius 1 is 1.07 bits per heavy atom. The van der Waals surface area contributed by atoms with Crippen LogP contribution in [0.25, 0.3) is 21.9 Å². The highest BCUT2D eigenvalue weighted by Crippen LogP contribution is 2.22. The van der Waals surface area contributed by atoms with Crippen LogP contribution in [0.4, 0.5) is 0 Å². The first-order valence-corrected chi connectivity index (χ1v) is 8.96. The molecule has 29 heavy (non-hydrogen) atoms. The van der Waals surface area contributed by atoms with Gasteiger partial charge in [-0.2, -0.15) is 0 Å². The largest absolute Gasteiger partial charge is 0.479 e. The van der Waals surface area contributed by atoms with E-state index in [4.69, 9.17) is 9.15 Å². The fourth-order valence-corrected chi connectivity index (χ4v) is 2.85. The number of nitrogens with one attached hydrogen (secondary N) is 1. The highest BCUT2D eigenvalue weighted by atomic mass is 16.5. The summed E-state index contributed by atoms with van der Waals surface area (Å²) in [4.78, 5) is 28.6. The summed E-state index contributed by atoms with van der Waals surface area (Å²) in [5, 5.41) is 4.03. The van der Waals surface area contributed by atoms with Gasteiger partial charge in [0.05, 0.1) is 11.9 Å². The Kier molecular flexibility index (Phi) is 5.21. The molecular weight excluding hydrogens is 368 g/mol. The summed E-state index contributed by atoms with van der Waals surface area (Å²) in [6.45, 7) is 0.267. The lowest BCUT2D eigenvalue weighted by Gasteiger charge is -2.05. The number of hydrogen-bond donors (Lipinski definition) is 1. The van der Waals surface area contributed by atoms with Crippen molar-refractivity contribution in [1.29, 1.82) is 0 Å². The molecule has 4 rings (SSSR count). The molecule has 0 spiro atoms. The molecule has 2 heterocycles. The number of carbonyl (C=O) groups excluding carboxylic acids is 1. The number of rotatable bonds is 4. The van der Waals surface area contributed by atoms with E-state index in [1.807, 2.05) is 30.3 Å². The van der Waals surface area contributed by atoms with E-state index in [1.165, 1.54) is 6.07 Å². The minimum Gasteiger partial charge on any atom is -0.479 e. The van der Waals surface area contributed by atoms with Gasteiger partial charge in [0, 0.05) is 17.6 Å². The van der Waals surface area contributed by atoms with Crippen LogP contribution >= 0.6 is 0 Å². The Balaban J connectivity index is 1.34. The molecular formula is C23H16N2O4. The van der Waals surface area contributed by atoms with Crippen molar-refractivity contribution in [1.82, 2.24) is 10.3 Å². The number of nitrogens with zero attached hydrogens (tertiary/aromatic N) is 1. The molecule has 6 nitrogen and oxygen atoms in total. The second-order valence-corrected chi connectivity index (χ2v) is 6.13. The third-order valence-corrected chi connectivity index (χ3v) is 4.22. The molecule has 0 saturated carbocycles. The number of aromatic nitrogens is 1. The second-order valence-electron chi connectivity index (χ2n) is 6.13. The van der Waals surface area contributed by atoms with Crippen molar-refractivity contribution in [2.45, 2.75) is 0 Å². The van der Waals surface area contributed by atoms with E-state index < -0.39 is 5.91 Å². The van der Waals surface area contributed by atoms with E-state index >= 15 is 0 Å². The number of amides is 1. The summed E-state index contributed by atoms with van der Waals surface area (Å²) in [5.41, 5.74) is 0.880. The van der Waals surface area contributed by atoms with Crippen LogP contribution in [0.2, 0.25) is 0 Å². The van der Waals surface area contributed by atoms with E-state index in [9.17, 15) is 9.59 Å². The van der Waals surface area contributed by atoms with Crippen molar-refractivity contribution in [2.24, 2.45) is 0 Å². The zero-order chi connectivity index (χ0) is 20.1. The molecule has 0 fully saturated rings. The minimum absolute atomic E-state index is 0.0476. The topological polar surface area (TPSA) is 81.4 Å². The van der Waals surface area contributed by atoms with Crippen molar-refractivity contribution in [3.63, 3.8) is 0 Å². The minimum atomic E-state index is -0.499. The molecule has 0 atom stereocenters. The van der Waals surface area contributed by atoms with Crippen LogP contribution in [-0.4, -0.2) is 24.0 Å². The number of para-hydroxylation sites is 2. The van der Waals surface area contributed by atoms with E-state index in [2.05, 4.69) is 22.1 Å². The maximum absolute atomic E-state index is 12.2. The predicted octanol–water partition coefficient (Wildman–Crippen LogP) is 3.15. The second kappa shape index (κ2) is 8.28. The number of pyridine rings is 1. The van der Waals surface area contributed by atoms with Crippen molar-refractivity contribution >= 4 is 27.8 Å². The molecule has 0 saturated heterocycles. The summed E-state index contributed by atoms with van der Waals surface area (Å²) < 4.78 is 11.2. The maximum Gasteiger partial charge on any atom is 0.287 e. The zero-order valence-electron chi connectivity index (χ0n) is 15.3. The Morgan fingerprint density at radius 3 is 2.86 bits per heavy atom. The average molecular weight is 384 g/mol. The van der Waals surface area contributed by atoms with Gasteiger partial charge < -0.3 is 14.5 Å². The zero-order valence-corrected chi connectivity index (χ0v) is 15.3. The molecule has 0 radical (unpaired) electrons.